The molecule has 0 amide bonds. The van der Waals surface area contributed by atoms with Crippen molar-refractivity contribution in [1.29, 1.82) is 0 Å². The normalized spacial score (nSPS) is 12.6. The van der Waals surface area contributed by atoms with Gasteiger partial charge in [0, 0.05) is 19.3 Å². The van der Waals surface area contributed by atoms with Crippen molar-refractivity contribution in [1.82, 2.24) is 0 Å². The van der Waals surface area contributed by atoms with Gasteiger partial charge in [-0.05, 0) is 31.1 Å². The number of esters is 3. The highest BCUT2D eigenvalue weighted by atomic mass is 16.6. The van der Waals surface area contributed by atoms with Crippen LogP contribution in [0.1, 0.15) is 259 Å². The summed E-state index contributed by atoms with van der Waals surface area (Å²) in [7, 11) is 0. The van der Waals surface area contributed by atoms with Crippen LogP contribution in [0.15, 0.2) is 0 Å². The molecule has 0 saturated heterocycles. The average molecular weight is 765 g/mol. The summed E-state index contributed by atoms with van der Waals surface area (Å²) in [5.41, 5.74) is 0. The molecule has 320 valence electrons. The molecule has 0 aromatic carbocycles. The van der Waals surface area contributed by atoms with Crippen LogP contribution in [0, 0.1) is 11.8 Å². The SMILES string of the molecule is CCCCCCCCCCCC(=O)OC[C@H](COC(=O)CCCCCCCCCCCCC(C)C)OC(=O)CCCCCCCCCCCCC(C)CC. The predicted molar refractivity (Wildman–Crippen MR) is 229 cm³/mol. The Morgan fingerprint density at radius 3 is 1.06 bits per heavy atom. The van der Waals surface area contributed by atoms with E-state index in [1.807, 2.05) is 0 Å². The maximum atomic E-state index is 12.7. The van der Waals surface area contributed by atoms with Crippen LogP contribution in [0.4, 0.5) is 0 Å². The fourth-order valence-electron chi connectivity index (χ4n) is 7.07. The number of carbonyl (C=O) groups excluding carboxylic acids is 3. The molecule has 0 aromatic heterocycles. The summed E-state index contributed by atoms with van der Waals surface area (Å²) in [6, 6.07) is 0. The fourth-order valence-corrected chi connectivity index (χ4v) is 7.07. The molecule has 54 heavy (non-hydrogen) atoms. The number of rotatable bonds is 42. The number of hydrogen-bond acceptors (Lipinski definition) is 6. The van der Waals surface area contributed by atoms with E-state index in [1.54, 1.807) is 0 Å². The van der Waals surface area contributed by atoms with Gasteiger partial charge in [0.25, 0.3) is 0 Å². The third-order valence-electron chi connectivity index (χ3n) is 11.1. The van der Waals surface area contributed by atoms with Gasteiger partial charge in [-0.1, -0.05) is 221 Å². The quantitative estimate of drug-likeness (QED) is 0.0350. The van der Waals surface area contributed by atoms with E-state index in [4.69, 9.17) is 14.2 Å². The van der Waals surface area contributed by atoms with Crippen LogP contribution in [-0.2, 0) is 28.6 Å². The Balaban J connectivity index is 4.32. The number of ether oxygens (including phenoxy) is 3. The zero-order valence-electron chi connectivity index (χ0n) is 36.8. The van der Waals surface area contributed by atoms with Crippen LogP contribution in [0.5, 0.6) is 0 Å². The van der Waals surface area contributed by atoms with Gasteiger partial charge in [-0.15, -0.1) is 0 Å². The summed E-state index contributed by atoms with van der Waals surface area (Å²) in [4.78, 5) is 37.7. The molecule has 0 fully saturated rings. The van der Waals surface area contributed by atoms with E-state index in [1.165, 1.54) is 148 Å². The highest BCUT2D eigenvalue weighted by Crippen LogP contribution is 2.17. The second kappa shape index (κ2) is 41.1. The van der Waals surface area contributed by atoms with E-state index in [0.717, 1.165) is 69.6 Å². The van der Waals surface area contributed by atoms with E-state index < -0.39 is 6.10 Å². The molecule has 0 spiro atoms. The molecule has 6 heteroatoms. The second-order valence-corrected chi connectivity index (χ2v) is 17.1. The van der Waals surface area contributed by atoms with Gasteiger partial charge in [-0.2, -0.15) is 0 Å². The van der Waals surface area contributed by atoms with Crippen molar-refractivity contribution < 1.29 is 28.6 Å². The van der Waals surface area contributed by atoms with Crippen molar-refractivity contribution in [2.45, 2.75) is 265 Å². The lowest BCUT2D eigenvalue weighted by atomic mass is 9.99. The first-order chi connectivity index (χ1) is 26.3. The molecule has 0 aromatic rings. The lowest BCUT2D eigenvalue weighted by Gasteiger charge is -2.18. The zero-order chi connectivity index (χ0) is 39.7. The van der Waals surface area contributed by atoms with Gasteiger partial charge in [0.15, 0.2) is 6.10 Å². The second-order valence-electron chi connectivity index (χ2n) is 17.1. The molecular formula is C48H92O6. The Bertz CT molecular complexity index is 826. The van der Waals surface area contributed by atoms with Crippen LogP contribution in [-0.4, -0.2) is 37.2 Å². The first-order valence-electron chi connectivity index (χ1n) is 23.8. The van der Waals surface area contributed by atoms with Crippen molar-refractivity contribution >= 4 is 17.9 Å². The third-order valence-corrected chi connectivity index (χ3v) is 11.1. The summed E-state index contributed by atoms with van der Waals surface area (Å²) in [6.45, 7) is 11.3. The van der Waals surface area contributed by atoms with Gasteiger partial charge in [-0.3, -0.25) is 14.4 Å². The first-order valence-corrected chi connectivity index (χ1v) is 23.8. The average Bonchev–Trinajstić information content (AvgIpc) is 3.15. The monoisotopic (exact) mass is 765 g/mol. The van der Waals surface area contributed by atoms with Crippen LogP contribution >= 0.6 is 0 Å². The van der Waals surface area contributed by atoms with Crippen molar-refractivity contribution in [3.05, 3.63) is 0 Å². The minimum absolute atomic E-state index is 0.0648. The smallest absolute Gasteiger partial charge is 0.306 e. The third kappa shape index (κ3) is 40.1. The minimum Gasteiger partial charge on any atom is -0.462 e. The van der Waals surface area contributed by atoms with Crippen LogP contribution < -0.4 is 0 Å². The molecule has 1 unspecified atom stereocenters. The minimum atomic E-state index is -0.760. The number of hydrogen-bond donors (Lipinski definition) is 0. The molecule has 0 aliphatic carbocycles. The van der Waals surface area contributed by atoms with Gasteiger partial charge >= 0.3 is 17.9 Å². The largest absolute Gasteiger partial charge is 0.462 e. The van der Waals surface area contributed by atoms with Crippen molar-refractivity contribution in [2.24, 2.45) is 11.8 Å². The van der Waals surface area contributed by atoms with E-state index in [-0.39, 0.29) is 31.1 Å². The van der Waals surface area contributed by atoms with Crippen molar-refractivity contribution in [3.63, 3.8) is 0 Å². The van der Waals surface area contributed by atoms with Gasteiger partial charge in [-0.25, -0.2) is 0 Å². The Kier molecular flexibility index (Phi) is 39.8. The molecular weight excluding hydrogens is 673 g/mol. The molecule has 0 heterocycles. The molecule has 0 aliphatic rings. The van der Waals surface area contributed by atoms with E-state index in [2.05, 4.69) is 34.6 Å². The molecule has 0 radical (unpaired) electrons. The topological polar surface area (TPSA) is 78.9 Å². The molecule has 0 N–H and O–H groups in total. The molecule has 0 saturated carbocycles. The summed E-state index contributed by atoms with van der Waals surface area (Å²) >= 11 is 0. The van der Waals surface area contributed by atoms with Gasteiger partial charge in [0.2, 0.25) is 0 Å². The van der Waals surface area contributed by atoms with Crippen LogP contribution in [0.25, 0.3) is 0 Å². The Hall–Kier alpha value is -1.59. The highest BCUT2D eigenvalue weighted by Gasteiger charge is 2.19. The molecule has 2 atom stereocenters. The first kappa shape index (κ1) is 52.4. The lowest BCUT2D eigenvalue weighted by Crippen LogP contribution is -2.30. The standard InChI is InChI=1S/C48H92O6/c1-6-8-9-10-11-16-23-28-33-38-46(49)52-41-45(42-53-47(50)39-34-29-24-19-14-12-17-21-26-31-36-43(3)4)54-48(51)40-35-30-25-20-15-13-18-22-27-32-37-44(5)7-2/h43-45H,6-42H2,1-5H3/t44?,45-/m1/s1. The van der Waals surface area contributed by atoms with E-state index >= 15 is 0 Å². The van der Waals surface area contributed by atoms with Gasteiger partial charge in [0.05, 0.1) is 0 Å². The molecule has 0 rings (SSSR count). The van der Waals surface area contributed by atoms with Crippen LogP contribution in [0.3, 0.4) is 0 Å². The van der Waals surface area contributed by atoms with Gasteiger partial charge in [0.1, 0.15) is 13.2 Å². The number of carbonyl (C=O) groups is 3. The zero-order valence-corrected chi connectivity index (χ0v) is 36.8. The summed E-state index contributed by atoms with van der Waals surface area (Å²) in [5.74, 6) is 0.829. The molecule has 6 nitrogen and oxygen atoms in total. The maximum absolute atomic E-state index is 12.7. The Labute approximate surface area is 336 Å². The lowest BCUT2D eigenvalue weighted by molar-refractivity contribution is -0.167. The van der Waals surface area contributed by atoms with E-state index in [9.17, 15) is 14.4 Å². The fraction of sp³-hybridized carbons (Fsp3) is 0.938. The summed E-state index contributed by atoms with van der Waals surface area (Å²) < 4.78 is 16.7. The van der Waals surface area contributed by atoms with E-state index in [0.29, 0.717) is 19.3 Å². The Morgan fingerprint density at radius 1 is 0.389 bits per heavy atom. The highest BCUT2D eigenvalue weighted by molar-refractivity contribution is 5.71. The van der Waals surface area contributed by atoms with Crippen LogP contribution in [0.2, 0.25) is 0 Å². The predicted octanol–water partition coefficient (Wildman–Crippen LogP) is 15.0. The summed E-state index contributed by atoms with van der Waals surface area (Å²) in [6.07, 6.45) is 39.4. The summed E-state index contributed by atoms with van der Waals surface area (Å²) in [5, 5.41) is 0. The number of unbranched alkanes of at least 4 members (excludes halogenated alkanes) is 26. The van der Waals surface area contributed by atoms with Crippen molar-refractivity contribution in [2.75, 3.05) is 13.2 Å². The maximum Gasteiger partial charge on any atom is 0.306 e. The molecule has 0 aliphatic heterocycles. The van der Waals surface area contributed by atoms with Crippen molar-refractivity contribution in [3.8, 4) is 0 Å². The van der Waals surface area contributed by atoms with Gasteiger partial charge < -0.3 is 14.2 Å². The molecule has 0 bridgehead atoms. The Morgan fingerprint density at radius 2 is 0.704 bits per heavy atom.